The Balaban J connectivity index is 2.60. The lowest BCUT2D eigenvalue weighted by atomic mass is 9.86. The van der Waals surface area contributed by atoms with Gasteiger partial charge in [-0.2, -0.15) is 11.8 Å². The van der Waals surface area contributed by atoms with Crippen molar-refractivity contribution < 1.29 is 4.79 Å². The van der Waals surface area contributed by atoms with E-state index in [0.717, 1.165) is 25.3 Å². The molecule has 0 aromatic carbocycles. The zero-order valence-electron chi connectivity index (χ0n) is 10.8. The molecule has 16 heavy (non-hydrogen) atoms. The molecule has 0 bridgehead atoms. The maximum Gasteiger partial charge on any atom is 0.240 e. The first-order chi connectivity index (χ1) is 7.36. The SMILES string of the molecule is CCC1CN(C(=O)[C@H](N)C(C)(C)C)CCS1. The van der Waals surface area contributed by atoms with Crippen molar-refractivity contribution in [3.05, 3.63) is 0 Å². The standard InChI is InChI=1S/C12H24N2OS/c1-5-9-8-14(6-7-16-9)11(15)10(13)12(2,3)4/h9-10H,5-8,13H2,1-4H3/t9?,10-/m0/s1. The highest BCUT2D eigenvalue weighted by Crippen LogP contribution is 2.24. The van der Waals surface area contributed by atoms with Crippen LogP contribution in [0.3, 0.4) is 0 Å². The highest BCUT2D eigenvalue weighted by atomic mass is 32.2. The van der Waals surface area contributed by atoms with Crippen LogP contribution in [-0.4, -0.2) is 40.9 Å². The third-order valence-electron chi connectivity index (χ3n) is 3.10. The molecule has 1 aliphatic rings. The Kier molecular flexibility index (Phi) is 4.68. The van der Waals surface area contributed by atoms with E-state index in [0.29, 0.717) is 5.25 Å². The molecule has 4 heteroatoms. The zero-order valence-corrected chi connectivity index (χ0v) is 11.6. The number of nitrogens with two attached hydrogens (primary N) is 1. The number of hydrogen-bond acceptors (Lipinski definition) is 3. The summed E-state index contributed by atoms with van der Waals surface area (Å²) in [6.45, 7) is 9.95. The highest BCUT2D eigenvalue weighted by Gasteiger charge is 2.33. The van der Waals surface area contributed by atoms with Crippen LogP contribution in [0.25, 0.3) is 0 Å². The normalized spacial score (nSPS) is 24.3. The summed E-state index contributed by atoms with van der Waals surface area (Å²) in [6.07, 6.45) is 1.12. The van der Waals surface area contributed by atoms with Gasteiger partial charge in [-0.3, -0.25) is 4.79 Å². The second kappa shape index (κ2) is 5.41. The maximum atomic E-state index is 12.2. The van der Waals surface area contributed by atoms with Crippen molar-refractivity contribution in [2.45, 2.75) is 45.4 Å². The van der Waals surface area contributed by atoms with Crippen LogP contribution < -0.4 is 5.73 Å². The molecular weight excluding hydrogens is 220 g/mol. The molecule has 3 nitrogen and oxygen atoms in total. The summed E-state index contributed by atoms with van der Waals surface area (Å²) in [4.78, 5) is 14.1. The Labute approximate surface area is 103 Å². The van der Waals surface area contributed by atoms with Crippen LogP contribution in [0.15, 0.2) is 0 Å². The molecule has 1 aliphatic heterocycles. The van der Waals surface area contributed by atoms with E-state index in [1.807, 2.05) is 37.4 Å². The van der Waals surface area contributed by atoms with Gasteiger partial charge < -0.3 is 10.6 Å². The minimum Gasteiger partial charge on any atom is -0.339 e. The van der Waals surface area contributed by atoms with E-state index in [1.165, 1.54) is 0 Å². The van der Waals surface area contributed by atoms with Gasteiger partial charge in [0.25, 0.3) is 0 Å². The zero-order chi connectivity index (χ0) is 12.3. The molecule has 0 spiro atoms. The molecule has 0 aromatic rings. The van der Waals surface area contributed by atoms with Crippen LogP contribution in [0.5, 0.6) is 0 Å². The minimum absolute atomic E-state index is 0.117. The van der Waals surface area contributed by atoms with Crippen molar-refractivity contribution >= 4 is 17.7 Å². The van der Waals surface area contributed by atoms with Crippen molar-refractivity contribution in [1.29, 1.82) is 0 Å². The van der Waals surface area contributed by atoms with Gasteiger partial charge in [0.05, 0.1) is 6.04 Å². The molecule has 1 unspecified atom stereocenters. The molecule has 1 rings (SSSR count). The van der Waals surface area contributed by atoms with Gasteiger partial charge in [-0.25, -0.2) is 0 Å². The first kappa shape index (κ1) is 13.8. The lowest BCUT2D eigenvalue weighted by Crippen LogP contribution is -2.53. The first-order valence-electron chi connectivity index (χ1n) is 6.02. The smallest absolute Gasteiger partial charge is 0.240 e. The van der Waals surface area contributed by atoms with Crippen LogP contribution in [0.4, 0.5) is 0 Å². The van der Waals surface area contributed by atoms with Crippen LogP contribution in [0.2, 0.25) is 0 Å². The number of amides is 1. The van der Waals surface area contributed by atoms with Crippen molar-refractivity contribution in [2.75, 3.05) is 18.8 Å². The molecule has 1 fully saturated rings. The Morgan fingerprint density at radius 1 is 1.56 bits per heavy atom. The molecule has 0 radical (unpaired) electrons. The molecule has 2 N–H and O–H groups in total. The molecule has 1 amide bonds. The van der Waals surface area contributed by atoms with E-state index >= 15 is 0 Å². The third-order valence-corrected chi connectivity index (χ3v) is 4.48. The first-order valence-corrected chi connectivity index (χ1v) is 7.07. The van der Waals surface area contributed by atoms with Gasteiger partial charge in [0.15, 0.2) is 0 Å². The van der Waals surface area contributed by atoms with E-state index in [2.05, 4.69) is 6.92 Å². The summed E-state index contributed by atoms with van der Waals surface area (Å²) in [7, 11) is 0. The summed E-state index contributed by atoms with van der Waals surface area (Å²) in [5.41, 5.74) is 5.86. The van der Waals surface area contributed by atoms with E-state index in [4.69, 9.17) is 5.73 Å². The summed E-state index contributed by atoms with van der Waals surface area (Å²) >= 11 is 1.97. The van der Waals surface area contributed by atoms with E-state index in [9.17, 15) is 4.79 Å². The van der Waals surface area contributed by atoms with E-state index < -0.39 is 0 Å². The fraction of sp³-hybridized carbons (Fsp3) is 0.917. The number of rotatable bonds is 2. The number of hydrogen-bond donors (Lipinski definition) is 1. The van der Waals surface area contributed by atoms with Gasteiger partial charge in [0.1, 0.15) is 0 Å². The predicted octanol–water partition coefficient (Wildman–Crippen LogP) is 1.71. The number of carbonyl (C=O) groups is 1. The van der Waals surface area contributed by atoms with Crippen molar-refractivity contribution in [3.8, 4) is 0 Å². The van der Waals surface area contributed by atoms with Crippen LogP contribution in [-0.2, 0) is 4.79 Å². The fourth-order valence-electron chi connectivity index (χ4n) is 1.73. The van der Waals surface area contributed by atoms with Crippen LogP contribution in [0.1, 0.15) is 34.1 Å². The third kappa shape index (κ3) is 3.39. The molecule has 0 aliphatic carbocycles. The molecule has 1 heterocycles. The molecular formula is C12H24N2OS. The Bertz CT molecular complexity index is 250. The second-order valence-electron chi connectivity index (χ2n) is 5.53. The van der Waals surface area contributed by atoms with E-state index in [1.54, 1.807) is 0 Å². The van der Waals surface area contributed by atoms with Crippen molar-refractivity contribution in [2.24, 2.45) is 11.1 Å². The largest absolute Gasteiger partial charge is 0.339 e. The van der Waals surface area contributed by atoms with Gasteiger partial charge in [-0.15, -0.1) is 0 Å². The Hall–Kier alpha value is -0.220. The average molecular weight is 244 g/mol. The monoisotopic (exact) mass is 244 g/mol. The summed E-state index contributed by atoms with van der Waals surface area (Å²) in [6, 6.07) is -0.381. The second-order valence-corrected chi connectivity index (χ2v) is 6.94. The quantitative estimate of drug-likeness (QED) is 0.804. The fourth-order valence-corrected chi connectivity index (χ4v) is 2.91. The lowest BCUT2D eigenvalue weighted by molar-refractivity contribution is -0.134. The molecule has 0 saturated carbocycles. The van der Waals surface area contributed by atoms with Gasteiger partial charge in [-0.1, -0.05) is 27.7 Å². The maximum absolute atomic E-state index is 12.2. The van der Waals surface area contributed by atoms with Crippen LogP contribution >= 0.6 is 11.8 Å². The van der Waals surface area contributed by atoms with Crippen LogP contribution in [0, 0.1) is 5.41 Å². The van der Waals surface area contributed by atoms with E-state index in [-0.39, 0.29) is 17.4 Å². The number of carbonyl (C=O) groups excluding carboxylic acids is 1. The summed E-state index contributed by atoms with van der Waals surface area (Å²) in [5, 5.41) is 0.588. The molecule has 0 aromatic heterocycles. The lowest BCUT2D eigenvalue weighted by Gasteiger charge is -2.36. The topological polar surface area (TPSA) is 46.3 Å². The van der Waals surface area contributed by atoms with Gasteiger partial charge >= 0.3 is 0 Å². The Morgan fingerprint density at radius 2 is 2.19 bits per heavy atom. The molecule has 94 valence electrons. The molecule has 2 atom stereocenters. The van der Waals surface area contributed by atoms with Gasteiger partial charge in [0.2, 0.25) is 5.91 Å². The summed E-state index contributed by atoms with van der Waals surface area (Å²) in [5.74, 6) is 1.16. The minimum atomic E-state index is -0.381. The van der Waals surface area contributed by atoms with Gasteiger partial charge in [-0.05, 0) is 11.8 Å². The van der Waals surface area contributed by atoms with Gasteiger partial charge in [0, 0.05) is 24.1 Å². The average Bonchev–Trinajstić information content (AvgIpc) is 2.26. The van der Waals surface area contributed by atoms with Crippen molar-refractivity contribution in [1.82, 2.24) is 4.90 Å². The number of thioether (sulfide) groups is 1. The number of nitrogens with zero attached hydrogens (tertiary/aromatic N) is 1. The predicted molar refractivity (Wildman–Crippen MR) is 70.5 cm³/mol. The summed E-state index contributed by atoms with van der Waals surface area (Å²) < 4.78 is 0. The Morgan fingerprint density at radius 3 is 2.69 bits per heavy atom. The molecule has 1 saturated heterocycles. The van der Waals surface area contributed by atoms with Crippen molar-refractivity contribution in [3.63, 3.8) is 0 Å². The highest BCUT2D eigenvalue weighted by molar-refractivity contribution is 8.00.